The summed E-state index contributed by atoms with van der Waals surface area (Å²) in [7, 11) is 0. The minimum absolute atomic E-state index is 0.258. The van der Waals surface area contributed by atoms with E-state index < -0.39 is 0 Å². The molecule has 3 rings (SSSR count). The van der Waals surface area contributed by atoms with Gasteiger partial charge in [-0.15, -0.1) is 22.7 Å². The van der Waals surface area contributed by atoms with E-state index in [1.54, 1.807) is 10.4 Å². The molecule has 2 aromatic rings. The Bertz CT molecular complexity index is 547. The lowest BCUT2D eigenvalue weighted by Crippen LogP contribution is -2.28. The maximum Gasteiger partial charge on any atom is 0.0601 e. The Morgan fingerprint density at radius 3 is 2.70 bits per heavy atom. The van der Waals surface area contributed by atoms with Crippen molar-refractivity contribution in [2.24, 2.45) is 5.84 Å². The zero-order valence-electron chi connectivity index (χ0n) is 11.9. The first-order valence-corrected chi connectivity index (χ1v) is 9.08. The number of thiophene rings is 2. The summed E-state index contributed by atoms with van der Waals surface area (Å²) < 4.78 is 0. The molecule has 20 heavy (non-hydrogen) atoms. The number of aryl methyl sites for hydroxylation is 3. The minimum Gasteiger partial charge on any atom is -0.271 e. The molecule has 0 aromatic carbocycles. The largest absolute Gasteiger partial charge is 0.271 e. The molecule has 1 aliphatic rings. The number of hydrazine groups is 1. The van der Waals surface area contributed by atoms with Crippen LogP contribution in [0.2, 0.25) is 0 Å². The third-order valence-corrected chi connectivity index (χ3v) is 6.63. The SMILES string of the molecule is CCc1ccc(CC(NN)c2cc3c(s2)CCCC3)s1. The van der Waals surface area contributed by atoms with E-state index in [9.17, 15) is 0 Å². The number of nitrogens with two attached hydrogens (primary N) is 1. The van der Waals surface area contributed by atoms with Crippen LogP contribution in [-0.2, 0) is 25.7 Å². The van der Waals surface area contributed by atoms with E-state index in [1.807, 2.05) is 22.7 Å². The summed E-state index contributed by atoms with van der Waals surface area (Å²) in [6, 6.07) is 7.14. The van der Waals surface area contributed by atoms with Gasteiger partial charge in [-0.05, 0) is 55.9 Å². The summed E-state index contributed by atoms with van der Waals surface area (Å²) >= 11 is 3.88. The lowest BCUT2D eigenvalue weighted by molar-refractivity contribution is 0.564. The fourth-order valence-corrected chi connectivity index (χ4v) is 5.17. The number of nitrogens with one attached hydrogen (secondary N) is 1. The Balaban J connectivity index is 1.77. The van der Waals surface area contributed by atoms with Gasteiger partial charge in [0.2, 0.25) is 0 Å². The normalized spacial score (nSPS) is 16.1. The average Bonchev–Trinajstić information content (AvgIpc) is 3.10. The molecule has 4 heteroatoms. The van der Waals surface area contributed by atoms with Crippen molar-refractivity contribution in [1.82, 2.24) is 5.43 Å². The lowest BCUT2D eigenvalue weighted by Gasteiger charge is -2.12. The zero-order chi connectivity index (χ0) is 13.9. The standard InChI is InChI=1S/C16H22N2S2/c1-2-12-7-8-13(19-12)10-14(18-17)16-9-11-5-3-4-6-15(11)20-16/h7-9,14,18H,2-6,10,17H2,1H3. The Labute approximate surface area is 129 Å². The van der Waals surface area contributed by atoms with Crippen molar-refractivity contribution in [2.45, 2.75) is 51.5 Å². The third-order valence-electron chi connectivity index (χ3n) is 4.03. The predicted molar refractivity (Wildman–Crippen MR) is 88.4 cm³/mol. The molecular weight excluding hydrogens is 284 g/mol. The molecular formula is C16H22N2S2. The summed E-state index contributed by atoms with van der Waals surface area (Å²) in [5.41, 5.74) is 4.59. The van der Waals surface area contributed by atoms with Gasteiger partial charge in [-0.1, -0.05) is 6.92 Å². The van der Waals surface area contributed by atoms with Crippen LogP contribution in [0.4, 0.5) is 0 Å². The van der Waals surface area contributed by atoms with Gasteiger partial charge in [0.25, 0.3) is 0 Å². The monoisotopic (exact) mass is 306 g/mol. The van der Waals surface area contributed by atoms with Crippen molar-refractivity contribution < 1.29 is 0 Å². The number of hydrogen-bond acceptors (Lipinski definition) is 4. The van der Waals surface area contributed by atoms with E-state index >= 15 is 0 Å². The quantitative estimate of drug-likeness (QED) is 0.647. The van der Waals surface area contributed by atoms with Gasteiger partial charge in [0.05, 0.1) is 6.04 Å². The molecule has 0 amide bonds. The fourth-order valence-electron chi connectivity index (χ4n) is 2.85. The van der Waals surface area contributed by atoms with Crippen LogP contribution in [0.3, 0.4) is 0 Å². The fraction of sp³-hybridized carbons (Fsp3) is 0.500. The van der Waals surface area contributed by atoms with E-state index in [4.69, 9.17) is 5.84 Å². The Morgan fingerprint density at radius 1 is 1.20 bits per heavy atom. The molecule has 0 aliphatic heterocycles. The van der Waals surface area contributed by atoms with Gasteiger partial charge < -0.3 is 0 Å². The summed E-state index contributed by atoms with van der Waals surface area (Å²) in [6.45, 7) is 2.21. The molecule has 2 heterocycles. The Morgan fingerprint density at radius 2 is 2.00 bits per heavy atom. The van der Waals surface area contributed by atoms with Crippen molar-refractivity contribution in [3.8, 4) is 0 Å². The highest BCUT2D eigenvalue weighted by atomic mass is 32.1. The Kier molecular flexibility index (Phi) is 4.56. The third kappa shape index (κ3) is 2.98. The second-order valence-electron chi connectivity index (χ2n) is 5.45. The highest BCUT2D eigenvalue weighted by molar-refractivity contribution is 7.12. The number of hydrogen-bond donors (Lipinski definition) is 2. The van der Waals surface area contributed by atoms with Gasteiger partial charge in [0.1, 0.15) is 0 Å². The zero-order valence-corrected chi connectivity index (χ0v) is 13.6. The van der Waals surface area contributed by atoms with Gasteiger partial charge in [-0.2, -0.15) is 0 Å². The molecule has 1 atom stereocenters. The highest BCUT2D eigenvalue weighted by Gasteiger charge is 2.19. The van der Waals surface area contributed by atoms with E-state index in [0.717, 1.165) is 12.8 Å². The molecule has 108 valence electrons. The molecule has 2 nitrogen and oxygen atoms in total. The molecule has 1 aliphatic carbocycles. The van der Waals surface area contributed by atoms with E-state index in [2.05, 4.69) is 30.5 Å². The molecule has 0 saturated heterocycles. The first-order valence-electron chi connectivity index (χ1n) is 7.45. The van der Waals surface area contributed by atoms with Crippen molar-refractivity contribution in [1.29, 1.82) is 0 Å². The van der Waals surface area contributed by atoms with Crippen molar-refractivity contribution in [3.05, 3.63) is 43.3 Å². The number of fused-ring (bicyclic) bond motifs is 1. The number of rotatable bonds is 5. The van der Waals surface area contributed by atoms with Crippen molar-refractivity contribution in [3.63, 3.8) is 0 Å². The molecule has 3 N–H and O–H groups in total. The minimum atomic E-state index is 0.258. The van der Waals surface area contributed by atoms with Gasteiger partial charge in [-0.25, -0.2) is 0 Å². The maximum absolute atomic E-state index is 5.81. The molecule has 0 saturated carbocycles. The second-order valence-corrected chi connectivity index (χ2v) is 7.87. The summed E-state index contributed by atoms with van der Waals surface area (Å²) in [4.78, 5) is 5.88. The smallest absolute Gasteiger partial charge is 0.0601 e. The first-order chi connectivity index (χ1) is 9.80. The molecule has 1 unspecified atom stereocenters. The van der Waals surface area contributed by atoms with Gasteiger partial charge in [0.15, 0.2) is 0 Å². The van der Waals surface area contributed by atoms with Gasteiger partial charge in [0, 0.05) is 25.9 Å². The van der Waals surface area contributed by atoms with Crippen LogP contribution < -0.4 is 11.3 Å². The summed E-state index contributed by atoms with van der Waals surface area (Å²) in [6.07, 6.45) is 7.32. The molecule has 0 spiro atoms. The lowest BCUT2D eigenvalue weighted by atomic mass is 9.98. The summed E-state index contributed by atoms with van der Waals surface area (Å²) in [5, 5.41) is 0. The second kappa shape index (κ2) is 6.39. The van der Waals surface area contributed by atoms with Crippen LogP contribution in [0.15, 0.2) is 18.2 Å². The van der Waals surface area contributed by atoms with E-state index in [1.165, 1.54) is 40.3 Å². The highest BCUT2D eigenvalue weighted by Crippen LogP contribution is 2.34. The maximum atomic E-state index is 5.81. The molecule has 2 aromatic heterocycles. The first kappa shape index (κ1) is 14.3. The van der Waals surface area contributed by atoms with E-state index in [-0.39, 0.29) is 6.04 Å². The van der Waals surface area contributed by atoms with Crippen LogP contribution in [0.1, 0.15) is 50.9 Å². The van der Waals surface area contributed by atoms with Gasteiger partial charge >= 0.3 is 0 Å². The summed E-state index contributed by atoms with van der Waals surface area (Å²) in [5.74, 6) is 5.81. The van der Waals surface area contributed by atoms with Crippen LogP contribution in [0.25, 0.3) is 0 Å². The van der Waals surface area contributed by atoms with Crippen LogP contribution in [0, 0.1) is 0 Å². The average molecular weight is 306 g/mol. The van der Waals surface area contributed by atoms with Crippen LogP contribution in [0.5, 0.6) is 0 Å². The predicted octanol–water partition coefficient (Wildman–Crippen LogP) is 4.00. The topological polar surface area (TPSA) is 38.0 Å². The Hall–Kier alpha value is -0.680. The molecule has 0 radical (unpaired) electrons. The molecule has 0 bridgehead atoms. The van der Waals surface area contributed by atoms with Crippen molar-refractivity contribution >= 4 is 22.7 Å². The molecule has 0 fully saturated rings. The van der Waals surface area contributed by atoms with Gasteiger partial charge in [-0.3, -0.25) is 11.3 Å². The van der Waals surface area contributed by atoms with Crippen LogP contribution in [-0.4, -0.2) is 0 Å². The van der Waals surface area contributed by atoms with Crippen LogP contribution >= 0.6 is 22.7 Å². The van der Waals surface area contributed by atoms with E-state index in [0.29, 0.717) is 0 Å². The van der Waals surface area contributed by atoms with Crippen molar-refractivity contribution in [2.75, 3.05) is 0 Å².